The maximum absolute atomic E-state index is 12.5. The van der Waals surface area contributed by atoms with Crippen LogP contribution in [0.4, 0.5) is 5.69 Å². The molecule has 0 aromatic heterocycles. The van der Waals surface area contributed by atoms with Gasteiger partial charge in [0.05, 0.1) is 23.8 Å². The van der Waals surface area contributed by atoms with E-state index in [4.69, 9.17) is 9.47 Å². The fourth-order valence-electron chi connectivity index (χ4n) is 3.36. The number of ether oxygens (including phenoxy) is 2. The number of carbonyl (C=O) groups is 2. The van der Waals surface area contributed by atoms with Gasteiger partial charge in [0.25, 0.3) is 15.9 Å². The zero-order valence-corrected chi connectivity index (χ0v) is 22.9. The van der Waals surface area contributed by atoms with Crippen LogP contribution in [0.5, 0.6) is 11.5 Å². The molecule has 4 aromatic rings. The highest BCUT2D eigenvalue weighted by atomic mass is 79.9. The zero-order valence-electron chi connectivity index (χ0n) is 20.5. The number of sulfonamides is 1. The molecule has 2 N–H and O–H groups in total. The topological polar surface area (TPSA) is 123 Å². The monoisotopic (exact) mass is 607 g/mol. The molecule has 0 radical (unpaired) electrons. The first-order valence-electron chi connectivity index (χ1n) is 11.4. The van der Waals surface area contributed by atoms with Crippen molar-refractivity contribution in [3.63, 3.8) is 0 Å². The van der Waals surface area contributed by atoms with E-state index in [-0.39, 0.29) is 16.2 Å². The molecule has 1 amide bonds. The number of amides is 1. The van der Waals surface area contributed by atoms with Crippen LogP contribution >= 0.6 is 15.9 Å². The molecule has 0 aliphatic heterocycles. The van der Waals surface area contributed by atoms with E-state index >= 15 is 0 Å². The number of halogens is 1. The molecule has 0 unspecified atom stereocenters. The molecule has 0 atom stereocenters. The van der Waals surface area contributed by atoms with Crippen LogP contribution in [-0.2, 0) is 10.0 Å². The van der Waals surface area contributed by atoms with E-state index in [9.17, 15) is 18.0 Å². The number of benzene rings is 4. The number of esters is 1. The summed E-state index contributed by atoms with van der Waals surface area (Å²) in [5.74, 6) is -0.494. The van der Waals surface area contributed by atoms with Gasteiger partial charge in [0.2, 0.25) is 0 Å². The van der Waals surface area contributed by atoms with Gasteiger partial charge in [-0.15, -0.1) is 0 Å². The largest absolute Gasteiger partial charge is 0.493 e. The van der Waals surface area contributed by atoms with Crippen LogP contribution in [-0.4, -0.2) is 33.6 Å². The van der Waals surface area contributed by atoms with Gasteiger partial charge in [-0.25, -0.2) is 18.6 Å². The number of methoxy groups -OCH3 is 1. The highest BCUT2D eigenvalue weighted by Gasteiger charge is 2.15. The SMILES string of the molecule is COc1cc(/C=N/NC(=O)c2ccc(NS(=O)(=O)c3ccccc3)cc2)ccc1OC(=O)c1cccc(Br)c1. The molecule has 39 heavy (non-hydrogen) atoms. The van der Waals surface area contributed by atoms with E-state index in [0.717, 1.165) is 4.47 Å². The lowest BCUT2D eigenvalue weighted by Gasteiger charge is -2.10. The van der Waals surface area contributed by atoms with Crippen molar-refractivity contribution in [1.82, 2.24) is 5.43 Å². The number of rotatable bonds is 9. The number of anilines is 1. The predicted molar refractivity (Wildman–Crippen MR) is 151 cm³/mol. The van der Waals surface area contributed by atoms with Crippen LogP contribution in [0, 0.1) is 0 Å². The van der Waals surface area contributed by atoms with Gasteiger partial charge < -0.3 is 9.47 Å². The summed E-state index contributed by atoms with van der Waals surface area (Å²) in [6.45, 7) is 0. The lowest BCUT2D eigenvalue weighted by Crippen LogP contribution is -2.18. The van der Waals surface area contributed by atoms with Gasteiger partial charge in [-0.05, 0) is 78.4 Å². The molecule has 0 saturated heterocycles. The van der Waals surface area contributed by atoms with Gasteiger partial charge in [0, 0.05) is 15.7 Å². The number of hydrogen-bond acceptors (Lipinski definition) is 7. The van der Waals surface area contributed by atoms with Crippen molar-refractivity contribution in [2.45, 2.75) is 4.90 Å². The molecular formula is C28H22BrN3O6S. The van der Waals surface area contributed by atoms with E-state index < -0.39 is 21.9 Å². The lowest BCUT2D eigenvalue weighted by molar-refractivity contribution is 0.0729. The van der Waals surface area contributed by atoms with Crippen LogP contribution in [0.25, 0.3) is 0 Å². The molecule has 0 bridgehead atoms. The van der Waals surface area contributed by atoms with Crippen molar-refractivity contribution in [2.75, 3.05) is 11.8 Å². The normalized spacial score (nSPS) is 11.1. The Hall–Kier alpha value is -4.48. The molecule has 198 valence electrons. The summed E-state index contributed by atoms with van der Waals surface area (Å²) in [7, 11) is -2.29. The van der Waals surface area contributed by atoms with E-state index in [0.29, 0.717) is 22.6 Å². The van der Waals surface area contributed by atoms with Crippen LogP contribution < -0.4 is 19.6 Å². The van der Waals surface area contributed by atoms with Crippen LogP contribution in [0.2, 0.25) is 0 Å². The first-order chi connectivity index (χ1) is 18.7. The van der Waals surface area contributed by atoms with Gasteiger partial charge in [-0.2, -0.15) is 5.10 Å². The third-order valence-corrected chi connectivity index (χ3v) is 7.17. The van der Waals surface area contributed by atoms with Gasteiger partial charge >= 0.3 is 5.97 Å². The van der Waals surface area contributed by atoms with Crippen molar-refractivity contribution in [3.05, 3.63) is 118 Å². The molecule has 0 spiro atoms. The van der Waals surface area contributed by atoms with Gasteiger partial charge in [0.1, 0.15) is 0 Å². The molecule has 0 fully saturated rings. The molecule has 11 heteroatoms. The fourth-order valence-corrected chi connectivity index (χ4v) is 4.84. The molecule has 0 aliphatic carbocycles. The Morgan fingerprint density at radius 3 is 2.28 bits per heavy atom. The van der Waals surface area contributed by atoms with Crippen molar-refractivity contribution < 1.29 is 27.5 Å². The third kappa shape index (κ3) is 7.30. The van der Waals surface area contributed by atoms with Crippen LogP contribution in [0.1, 0.15) is 26.3 Å². The number of hydrazone groups is 1. The van der Waals surface area contributed by atoms with Crippen molar-refractivity contribution in [3.8, 4) is 11.5 Å². The Labute approximate surface area is 233 Å². The van der Waals surface area contributed by atoms with E-state index in [1.54, 1.807) is 60.7 Å². The number of carbonyl (C=O) groups excluding carboxylic acids is 2. The minimum atomic E-state index is -3.74. The average molecular weight is 608 g/mol. The summed E-state index contributed by atoms with van der Waals surface area (Å²) >= 11 is 3.32. The maximum atomic E-state index is 12.5. The Balaban J connectivity index is 1.36. The summed E-state index contributed by atoms with van der Waals surface area (Å²) in [5, 5.41) is 3.96. The smallest absolute Gasteiger partial charge is 0.343 e. The predicted octanol–water partition coefficient (Wildman–Crippen LogP) is 5.24. The second-order valence-corrected chi connectivity index (χ2v) is 10.6. The molecule has 0 heterocycles. The lowest BCUT2D eigenvalue weighted by atomic mass is 10.2. The Morgan fingerprint density at radius 2 is 1.59 bits per heavy atom. The summed E-state index contributed by atoms with van der Waals surface area (Å²) in [4.78, 5) is 25.0. The van der Waals surface area contributed by atoms with E-state index in [1.807, 2.05) is 0 Å². The first kappa shape index (κ1) is 27.6. The highest BCUT2D eigenvalue weighted by molar-refractivity contribution is 9.10. The zero-order chi connectivity index (χ0) is 27.8. The molecule has 0 saturated carbocycles. The van der Waals surface area contributed by atoms with Crippen molar-refractivity contribution >= 4 is 49.7 Å². The molecule has 4 rings (SSSR count). The second kappa shape index (κ2) is 12.4. The number of nitrogens with zero attached hydrogens (tertiary/aromatic N) is 1. The maximum Gasteiger partial charge on any atom is 0.343 e. The quantitative estimate of drug-likeness (QED) is 0.116. The number of hydrogen-bond donors (Lipinski definition) is 2. The Morgan fingerprint density at radius 1 is 0.846 bits per heavy atom. The minimum Gasteiger partial charge on any atom is -0.493 e. The summed E-state index contributed by atoms with van der Waals surface area (Å²) in [6.07, 6.45) is 1.41. The first-order valence-corrected chi connectivity index (χ1v) is 13.7. The van der Waals surface area contributed by atoms with Gasteiger partial charge in [0.15, 0.2) is 11.5 Å². The highest BCUT2D eigenvalue weighted by Crippen LogP contribution is 2.28. The summed E-state index contributed by atoms with van der Waals surface area (Å²) in [6, 6.07) is 25.5. The summed E-state index contributed by atoms with van der Waals surface area (Å²) < 4.78 is 38.9. The van der Waals surface area contributed by atoms with Crippen LogP contribution in [0.3, 0.4) is 0 Å². The van der Waals surface area contributed by atoms with Gasteiger partial charge in [-0.1, -0.05) is 40.2 Å². The molecule has 0 aliphatic rings. The van der Waals surface area contributed by atoms with E-state index in [1.165, 1.54) is 49.7 Å². The van der Waals surface area contributed by atoms with Crippen LogP contribution in [0.15, 0.2) is 112 Å². The molecule has 9 nitrogen and oxygen atoms in total. The summed E-state index contributed by atoms with van der Waals surface area (Å²) in [5.41, 5.74) is 3.96. The van der Waals surface area contributed by atoms with Crippen molar-refractivity contribution in [1.29, 1.82) is 0 Å². The van der Waals surface area contributed by atoms with Gasteiger partial charge in [-0.3, -0.25) is 9.52 Å². The standard InChI is InChI=1S/C28H22BrN3O6S/c1-37-26-16-19(10-15-25(26)38-28(34)21-6-5-7-22(29)17-21)18-30-31-27(33)20-11-13-23(14-12-20)32-39(35,36)24-8-3-2-4-9-24/h2-18,32H,1H3,(H,31,33)/b30-18+. The van der Waals surface area contributed by atoms with Crippen molar-refractivity contribution in [2.24, 2.45) is 5.10 Å². The molecular weight excluding hydrogens is 586 g/mol. The van der Waals surface area contributed by atoms with E-state index in [2.05, 4.69) is 31.2 Å². The molecule has 4 aromatic carbocycles. The Kier molecular flexibility index (Phi) is 8.74. The Bertz CT molecular complexity index is 1630. The fraction of sp³-hybridized carbons (Fsp3) is 0.0357. The number of nitrogens with one attached hydrogen (secondary N) is 2. The average Bonchev–Trinajstić information content (AvgIpc) is 2.94. The second-order valence-electron chi connectivity index (χ2n) is 8.01. The minimum absolute atomic E-state index is 0.133. The third-order valence-electron chi connectivity index (χ3n) is 5.28.